The second-order valence-electron chi connectivity index (χ2n) is 13.5. The van der Waals surface area contributed by atoms with Crippen molar-refractivity contribution in [1.82, 2.24) is 14.5 Å². The monoisotopic (exact) mass is 661 g/mol. The number of hydrogen-bond donors (Lipinski definition) is 4. The average Bonchev–Trinajstić information content (AvgIpc) is 3.31. The van der Waals surface area contributed by atoms with Crippen molar-refractivity contribution in [3.63, 3.8) is 0 Å². The van der Waals surface area contributed by atoms with Crippen LogP contribution >= 0.6 is 0 Å². The highest BCUT2D eigenvalue weighted by molar-refractivity contribution is 6.05. The first-order valence-corrected chi connectivity index (χ1v) is 17.5. The van der Waals surface area contributed by atoms with E-state index in [1.165, 1.54) is 60.1 Å². The first-order valence-electron chi connectivity index (χ1n) is 17.5. The number of phenolic OH excluding ortho intramolecular Hbond substituents is 2. The standard InChI is InChI=1S/C41H51N5O3/c1-7-19-45(20-16-27(3)8-2)25-28(4)26-46-30(6)29(5)36-22-34(12-13-37(36)46)43-33-11-9-10-32(21-33)41(49)44-35-23-38(47)40(39(48)24-35)31-14-17-42-18-15-31/h9-15,17-18,21-24,27-28,43,47-48H,7-8,16,19-20,25-26H2,1-6H3,(H,44,49). The third kappa shape index (κ3) is 8.62. The molecule has 2 aromatic heterocycles. The van der Waals surface area contributed by atoms with Crippen molar-refractivity contribution in [3.05, 3.63) is 95.9 Å². The number of fused-ring (bicyclic) bond motifs is 1. The molecule has 2 unspecified atom stereocenters. The number of aromatic nitrogens is 2. The molecule has 4 N–H and O–H groups in total. The molecule has 0 saturated heterocycles. The van der Waals surface area contributed by atoms with Gasteiger partial charge in [0.2, 0.25) is 0 Å². The second-order valence-corrected chi connectivity index (χ2v) is 13.5. The van der Waals surface area contributed by atoms with Gasteiger partial charge in [-0.05, 0) is 111 Å². The normalized spacial score (nSPS) is 12.7. The second kappa shape index (κ2) is 16.1. The van der Waals surface area contributed by atoms with Crippen LogP contribution in [0, 0.1) is 25.7 Å². The number of rotatable bonds is 15. The largest absolute Gasteiger partial charge is 0.507 e. The Bertz CT molecular complexity index is 1860. The van der Waals surface area contributed by atoms with Crippen molar-refractivity contribution in [2.45, 2.75) is 67.3 Å². The minimum Gasteiger partial charge on any atom is -0.507 e. The highest BCUT2D eigenvalue weighted by Crippen LogP contribution is 2.39. The van der Waals surface area contributed by atoms with Crippen molar-refractivity contribution >= 4 is 33.9 Å². The molecular weight excluding hydrogens is 610 g/mol. The minimum atomic E-state index is -0.357. The first-order chi connectivity index (χ1) is 23.6. The Morgan fingerprint density at radius 1 is 0.878 bits per heavy atom. The zero-order valence-corrected chi connectivity index (χ0v) is 29.8. The maximum absolute atomic E-state index is 13.2. The molecule has 1 amide bonds. The third-order valence-corrected chi connectivity index (χ3v) is 9.61. The molecule has 0 aliphatic carbocycles. The summed E-state index contributed by atoms with van der Waals surface area (Å²) < 4.78 is 2.47. The molecular formula is C41H51N5O3. The van der Waals surface area contributed by atoms with E-state index in [1.54, 1.807) is 36.7 Å². The Morgan fingerprint density at radius 2 is 1.59 bits per heavy atom. The zero-order valence-electron chi connectivity index (χ0n) is 29.8. The lowest BCUT2D eigenvalue weighted by Gasteiger charge is -2.27. The summed E-state index contributed by atoms with van der Waals surface area (Å²) in [5.41, 5.74) is 7.17. The van der Waals surface area contributed by atoms with Gasteiger partial charge in [0.05, 0.1) is 5.56 Å². The summed E-state index contributed by atoms with van der Waals surface area (Å²) in [6, 6.07) is 20.0. The molecule has 258 valence electrons. The summed E-state index contributed by atoms with van der Waals surface area (Å²) in [6.45, 7) is 18.1. The van der Waals surface area contributed by atoms with E-state index in [4.69, 9.17) is 0 Å². The van der Waals surface area contributed by atoms with Gasteiger partial charge in [0.25, 0.3) is 5.91 Å². The van der Waals surface area contributed by atoms with Crippen molar-refractivity contribution in [2.75, 3.05) is 30.3 Å². The van der Waals surface area contributed by atoms with Crippen LogP contribution in [0.3, 0.4) is 0 Å². The maximum Gasteiger partial charge on any atom is 0.255 e. The number of phenols is 2. The smallest absolute Gasteiger partial charge is 0.255 e. The Morgan fingerprint density at radius 3 is 2.29 bits per heavy atom. The Hall–Kier alpha value is -4.82. The highest BCUT2D eigenvalue weighted by Gasteiger charge is 2.18. The van der Waals surface area contributed by atoms with Gasteiger partial charge in [-0.15, -0.1) is 0 Å². The summed E-state index contributed by atoms with van der Waals surface area (Å²) >= 11 is 0. The van der Waals surface area contributed by atoms with Gasteiger partial charge in [0.15, 0.2) is 0 Å². The van der Waals surface area contributed by atoms with Gasteiger partial charge in [-0.1, -0.05) is 40.2 Å². The predicted octanol–water partition coefficient (Wildman–Crippen LogP) is 9.51. The molecule has 0 fully saturated rings. The SMILES string of the molecule is CCCN(CCC(C)CC)CC(C)Cn1c(C)c(C)c2cc(Nc3cccc(C(=O)Nc4cc(O)c(-c5ccncc5)c(O)c4)c3)ccc21. The lowest BCUT2D eigenvalue weighted by Crippen LogP contribution is -2.32. The van der Waals surface area contributed by atoms with Gasteiger partial charge >= 0.3 is 0 Å². The minimum absolute atomic E-state index is 0.142. The van der Waals surface area contributed by atoms with Crippen LogP contribution in [0.4, 0.5) is 17.1 Å². The summed E-state index contributed by atoms with van der Waals surface area (Å²) in [6.07, 6.45) is 6.84. The number of anilines is 3. The van der Waals surface area contributed by atoms with Gasteiger partial charge in [-0.25, -0.2) is 0 Å². The molecule has 0 spiro atoms. The molecule has 2 atom stereocenters. The Kier molecular flexibility index (Phi) is 11.6. The first kappa shape index (κ1) is 35.5. The molecule has 0 saturated carbocycles. The van der Waals surface area contributed by atoms with Crippen LogP contribution < -0.4 is 10.6 Å². The van der Waals surface area contributed by atoms with Crippen molar-refractivity contribution in [1.29, 1.82) is 0 Å². The molecule has 3 aromatic carbocycles. The Balaban J connectivity index is 1.27. The number of pyridine rings is 1. The van der Waals surface area contributed by atoms with Gasteiger partial charge in [-0.3, -0.25) is 9.78 Å². The quantitative estimate of drug-likeness (QED) is 0.0891. The van der Waals surface area contributed by atoms with E-state index in [-0.39, 0.29) is 28.7 Å². The number of carbonyl (C=O) groups is 1. The van der Waals surface area contributed by atoms with Crippen LogP contribution in [-0.4, -0.2) is 50.2 Å². The lowest BCUT2D eigenvalue weighted by molar-refractivity contribution is 0.102. The molecule has 5 aromatic rings. The number of carbonyl (C=O) groups excluding carboxylic acids is 1. The topological polar surface area (TPSA) is 103 Å². The fraction of sp³-hybridized carbons (Fsp3) is 0.366. The Labute approximate surface area is 290 Å². The summed E-state index contributed by atoms with van der Waals surface area (Å²) in [7, 11) is 0. The van der Waals surface area contributed by atoms with Gasteiger partial charge in [0.1, 0.15) is 11.5 Å². The number of hydrogen-bond acceptors (Lipinski definition) is 6. The van der Waals surface area contributed by atoms with Crippen LogP contribution in [0.2, 0.25) is 0 Å². The van der Waals surface area contributed by atoms with Gasteiger partial charge in [0, 0.05) is 76.8 Å². The van der Waals surface area contributed by atoms with E-state index >= 15 is 0 Å². The van der Waals surface area contributed by atoms with E-state index in [0.29, 0.717) is 17.0 Å². The lowest BCUT2D eigenvalue weighted by atomic mass is 10.0. The van der Waals surface area contributed by atoms with Gasteiger partial charge in [-0.2, -0.15) is 0 Å². The van der Waals surface area contributed by atoms with Crippen molar-refractivity contribution in [2.24, 2.45) is 11.8 Å². The zero-order chi connectivity index (χ0) is 35.1. The molecule has 0 aliphatic heterocycles. The fourth-order valence-corrected chi connectivity index (χ4v) is 6.60. The molecule has 5 rings (SSSR count). The third-order valence-electron chi connectivity index (χ3n) is 9.61. The number of aromatic hydroxyl groups is 2. The number of nitrogens with one attached hydrogen (secondary N) is 2. The van der Waals surface area contributed by atoms with Crippen molar-refractivity contribution < 1.29 is 15.0 Å². The maximum atomic E-state index is 13.2. The summed E-state index contributed by atoms with van der Waals surface area (Å²) in [5.74, 6) is 0.650. The van der Waals surface area contributed by atoms with Crippen LogP contribution in [0.15, 0.2) is 79.1 Å². The molecule has 0 aliphatic rings. The van der Waals surface area contributed by atoms with E-state index in [1.807, 2.05) is 12.1 Å². The summed E-state index contributed by atoms with van der Waals surface area (Å²) in [4.78, 5) is 19.8. The summed E-state index contributed by atoms with van der Waals surface area (Å²) in [5, 5.41) is 28.8. The average molecular weight is 662 g/mol. The molecule has 0 bridgehead atoms. The fourth-order valence-electron chi connectivity index (χ4n) is 6.60. The molecule has 0 radical (unpaired) electrons. The highest BCUT2D eigenvalue weighted by atomic mass is 16.3. The van der Waals surface area contributed by atoms with E-state index < -0.39 is 0 Å². The van der Waals surface area contributed by atoms with Crippen LogP contribution in [0.5, 0.6) is 11.5 Å². The number of benzene rings is 3. The van der Waals surface area contributed by atoms with Crippen LogP contribution in [0.1, 0.15) is 68.6 Å². The predicted molar refractivity (Wildman–Crippen MR) is 202 cm³/mol. The number of amides is 1. The van der Waals surface area contributed by atoms with E-state index in [2.05, 4.69) is 84.8 Å². The molecule has 8 heteroatoms. The van der Waals surface area contributed by atoms with Crippen LogP contribution in [0.25, 0.3) is 22.0 Å². The van der Waals surface area contributed by atoms with E-state index in [0.717, 1.165) is 36.9 Å². The van der Waals surface area contributed by atoms with Gasteiger partial charge < -0.3 is 30.3 Å². The molecule has 2 heterocycles. The van der Waals surface area contributed by atoms with Crippen molar-refractivity contribution in [3.8, 4) is 22.6 Å². The number of aryl methyl sites for hydroxylation is 1. The van der Waals surface area contributed by atoms with E-state index in [9.17, 15) is 15.0 Å². The number of nitrogens with zero attached hydrogens (tertiary/aromatic N) is 3. The molecule has 8 nitrogen and oxygen atoms in total. The molecule has 49 heavy (non-hydrogen) atoms. The van der Waals surface area contributed by atoms with Crippen LogP contribution in [-0.2, 0) is 6.54 Å².